The summed E-state index contributed by atoms with van der Waals surface area (Å²) in [6.07, 6.45) is 5.05. The number of nitrogens with one attached hydrogen (secondary N) is 2. The fourth-order valence-corrected chi connectivity index (χ4v) is 4.51. The largest absolute Gasteiger partial charge is 0.494 e. The summed E-state index contributed by atoms with van der Waals surface area (Å²) in [6.45, 7) is 3.99. The van der Waals surface area contributed by atoms with Gasteiger partial charge in [-0.1, -0.05) is 0 Å². The van der Waals surface area contributed by atoms with Crippen LogP contribution in [0.5, 0.6) is 5.75 Å². The highest BCUT2D eigenvalue weighted by Crippen LogP contribution is 2.32. The Morgan fingerprint density at radius 2 is 1.91 bits per heavy atom. The average molecular weight is 484 g/mol. The fourth-order valence-electron chi connectivity index (χ4n) is 4.51. The maximum atomic E-state index is 12.9. The zero-order valence-corrected chi connectivity index (χ0v) is 19.8. The molecule has 3 aromatic rings. The van der Waals surface area contributed by atoms with Crippen LogP contribution >= 0.6 is 0 Å². The minimum Gasteiger partial charge on any atom is -0.494 e. The van der Waals surface area contributed by atoms with Gasteiger partial charge in [-0.2, -0.15) is 10.1 Å². The molecule has 0 bridgehead atoms. The van der Waals surface area contributed by atoms with E-state index in [1.165, 1.54) is 13.4 Å². The third-order valence-corrected chi connectivity index (χ3v) is 6.48. The molecule has 12 heteroatoms. The van der Waals surface area contributed by atoms with Crippen molar-refractivity contribution in [2.45, 2.75) is 18.9 Å². The van der Waals surface area contributed by atoms with Crippen LogP contribution in [0.25, 0.3) is 10.9 Å². The number of aromatic nitrogens is 3. The third-order valence-electron chi connectivity index (χ3n) is 6.48. The van der Waals surface area contributed by atoms with Crippen molar-refractivity contribution in [1.29, 1.82) is 0 Å². The van der Waals surface area contributed by atoms with E-state index in [9.17, 15) is 9.59 Å². The highest BCUT2D eigenvalue weighted by Gasteiger charge is 2.25. The van der Waals surface area contributed by atoms with E-state index in [1.54, 1.807) is 12.0 Å². The van der Waals surface area contributed by atoms with E-state index < -0.39 is 5.91 Å². The molecule has 2 amide bonds. The summed E-state index contributed by atoms with van der Waals surface area (Å²) in [5.41, 5.74) is 1.50. The Balaban J connectivity index is 1.29. The molecule has 0 radical (unpaired) electrons. The van der Waals surface area contributed by atoms with Gasteiger partial charge in [0.05, 0.1) is 31.5 Å². The zero-order valence-electron chi connectivity index (χ0n) is 19.8. The number of hydrogen-bond donors (Lipinski definition) is 2. The molecule has 5 rings (SSSR count). The summed E-state index contributed by atoms with van der Waals surface area (Å²) >= 11 is 0. The van der Waals surface area contributed by atoms with Crippen LogP contribution in [0.1, 0.15) is 29.4 Å². The molecule has 2 aromatic heterocycles. The Kier molecular flexibility index (Phi) is 6.45. The molecule has 2 fully saturated rings. The van der Waals surface area contributed by atoms with Crippen molar-refractivity contribution in [3.8, 4) is 5.75 Å². The molecule has 0 atom stereocenters. The second-order valence-electron chi connectivity index (χ2n) is 8.62. The molecule has 0 unspecified atom stereocenters. The number of anilines is 2. The molecule has 186 valence electrons. The lowest BCUT2D eigenvalue weighted by atomic mass is 10.1. The molecule has 12 nitrogen and oxygen atoms in total. The van der Waals surface area contributed by atoms with Gasteiger partial charge in [0, 0.05) is 43.8 Å². The van der Waals surface area contributed by atoms with Crippen LogP contribution in [-0.4, -0.2) is 85.2 Å². The summed E-state index contributed by atoms with van der Waals surface area (Å²) in [6, 6.07) is 4.39. The van der Waals surface area contributed by atoms with E-state index in [0.29, 0.717) is 49.7 Å². The van der Waals surface area contributed by atoms with Gasteiger partial charge in [0.1, 0.15) is 12.0 Å². The molecule has 0 saturated carbocycles. The Bertz CT molecular complexity index is 1210. The molecule has 0 spiro atoms. The normalized spacial score (nSPS) is 17.0. The summed E-state index contributed by atoms with van der Waals surface area (Å²) in [7, 11) is 2.92. The van der Waals surface area contributed by atoms with Gasteiger partial charge in [-0.3, -0.25) is 9.48 Å². The molecule has 2 aliphatic heterocycles. The van der Waals surface area contributed by atoms with Crippen molar-refractivity contribution >= 4 is 34.6 Å². The predicted molar refractivity (Wildman–Crippen MR) is 128 cm³/mol. The number of piperidine rings is 1. The van der Waals surface area contributed by atoms with Crippen LogP contribution in [0.2, 0.25) is 0 Å². The van der Waals surface area contributed by atoms with Gasteiger partial charge < -0.3 is 34.3 Å². The highest BCUT2D eigenvalue weighted by molar-refractivity contribution is 6.05. The number of benzene rings is 1. The number of oxazole rings is 1. The SMILES string of the molecule is COC(=O)N1CCN(c2nc(C(=O)Nc3cc4cn(C5CCNCC5)nc4cc3OC)co2)CC1. The summed E-state index contributed by atoms with van der Waals surface area (Å²) < 4.78 is 17.8. The number of carbonyl (C=O) groups excluding carboxylic acids is 2. The van der Waals surface area contributed by atoms with Crippen LogP contribution in [-0.2, 0) is 4.74 Å². The summed E-state index contributed by atoms with van der Waals surface area (Å²) in [5.74, 6) is 0.112. The van der Waals surface area contributed by atoms with Crippen LogP contribution in [0, 0.1) is 0 Å². The summed E-state index contributed by atoms with van der Waals surface area (Å²) in [5, 5.41) is 11.9. The van der Waals surface area contributed by atoms with Gasteiger partial charge in [0.2, 0.25) is 0 Å². The van der Waals surface area contributed by atoms with Crippen molar-refractivity contribution in [2.75, 3.05) is 63.7 Å². The molecular formula is C23H29N7O5. The predicted octanol–water partition coefficient (Wildman–Crippen LogP) is 2.10. The van der Waals surface area contributed by atoms with Crippen molar-refractivity contribution in [1.82, 2.24) is 25.0 Å². The molecule has 0 aliphatic carbocycles. The van der Waals surface area contributed by atoms with Gasteiger partial charge >= 0.3 is 6.09 Å². The van der Waals surface area contributed by atoms with Gasteiger partial charge in [0.15, 0.2) is 5.69 Å². The third kappa shape index (κ3) is 4.74. The first-order valence-electron chi connectivity index (χ1n) is 11.7. The smallest absolute Gasteiger partial charge is 0.409 e. The second-order valence-corrected chi connectivity index (χ2v) is 8.62. The Morgan fingerprint density at radius 3 is 2.63 bits per heavy atom. The van der Waals surface area contributed by atoms with Crippen LogP contribution < -0.4 is 20.3 Å². The van der Waals surface area contributed by atoms with Crippen LogP contribution in [0.15, 0.2) is 29.0 Å². The van der Waals surface area contributed by atoms with E-state index in [0.717, 1.165) is 36.8 Å². The Hall–Kier alpha value is -3.80. The number of amides is 2. The summed E-state index contributed by atoms with van der Waals surface area (Å²) in [4.78, 5) is 32.5. The second kappa shape index (κ2) is 9.82. The van der Waals surface area contributed by atoms with E-state index in [2.05, 4.69) is 15.6 Å². The number of hydrogen-bond acceptors (Lipinski definition) is 9. The van der Waals surface area contributed by atoms with E-state index in [1.807, 2.05) is 27.9 Å². The van der Waals surface area contributed by atoms with E-state index >= 15 is 0 Å². The quantitative estimate of drug-likeness (QED) is 0.561. The maximum Gasteiger partial charge on any atom is 0.409 e. The maximum absolute atomic E-state index is 12.9. The average Bonchev–Trinajstić information content (AvgIpc) is 3.56. The lowest BCUT2D eigenvalue weighted by Crippen LogP contribution is -2.48. The van der Waals surface area contributed by atoms with Crippen LogP contribution in [0.3, 0.4) is 0 Å². The lowest BCUT2D eigenvalue weighted by Gasteiger charge is -2.32. The molecule has 2 N–H and O–H groups in total. The molecule has 35 heavy (non-hydrogen) atoms. The number of carbonyl (C=O) groups is 2. The van der Waals surface area contributed by atoms with Crippen molar-refractivity contribution in [3.05, 3.63) is 30.3 Å². The monoisotopic (exact) mass is 483 g/mol. The first-order valence-corrected chi connectivity index (χ1v) is 11.7. The lowest BCUT2D eigenvalue weighted by molar-refractivity contribution is 0.102. The van der Waals surface area contributed by atoms with Gasteiger partial charge in [-0.25, -0.2) is 4.79 Å². The number of rotatable bonds is 5. The first kappa shape index (κ1) is 23.0. The fraction of sp³-hybridized carbons (Fsp3) is 0.478. The minimum absolute atomic E-state index is 0.156. The van der Waals surface area contributed by atoms with Crippen molar-refractivity contribution in [3.63, 3.8) is 0 Å². The van der Waals surface area contributed by atoms with Crippen molar-refractivity contribution in [2.24, 2.45) is 0 Å². The first-order chi connectivity index (χ1) is 17.1. The Labute approximate surface area is 202 Å². The van der Waals surface area contributed by atoms with E-state index in [4.69, 9.17) is 19.0 Å². The number of methoxy groups -OCH3 is 2. The van der Waals surface area contributed by atoms with Crippen molar-refractivity contribution < 1.29 is 23.5 Å². The zero-order chi connectivity index (χ0) is 24.4. The minimum atomic E-state index is -0.406. The topological polar surface area (TPSA) is 127 Å². The molecule has 2 saturated heterocycles. The molecule has 2 aliphatic rings. The Morgan fingerprint density at radius 1 is 1.14 bits per heavy atom. The standard InChI is InChI=1S/C23H29N7O5/c1-33-20-12-17-15(13-30(27-17)16-3-5-24-6-4-16)11-18(20)25-21(31)19-14-35-22(26-19)28-7-9-29(10-8-28)23(32)34-2/h11-14,16,24H,3-10H2,1-2H3,(H,25,31). The molecule has 4 heterocycles. The van der Waals surface area contributed by atoms with Gasteiger partial charge in [0.25, 0.3) is 11.9 Å². The number of nitrogens with zero attached hydrogens (tertiary/aromatic N) is 5. The molecular weight excluding hydrogens is 454 g/mol. The molecule has 1 aromatic carbocycles. The number of piperazine rings is 1. The van der Waals surface area contributed by atoms with Gasteiger partial charge in [-0.05, 0) is 32.0 Å². The van der Waals surface area contributed by atoms with E-state index in [-0.39, 0.29) is 11.8 Å². The highest BCUT2D eigenvalue weighted by atomic mass is 16.5. The number of ether oxygens (including phenoxy) is 2. The number of fused-ring (bicyclic) bond motifs is 1. The van der Waals surface area contributed by atoms with Crippen LogP contribution in [0.4, 0.5) is 16.5 Å². The van der Waals surface area contributed by atoms with Gasteiger partial charge in [-0.15, -0.1) is 0 Å².